The number of carbonyl (C=O) groups excluding carboxylic acids is 4. The van der Waals surface area contributed by atoms with Crippen LogP contribution in [0.1, 0.15) is 24.0 Å². The largest absolute Gasteiger partial charge is 0.418 e. The Kier molecular flexibility index (Phi) is 4.80. The van der Waals surface area contributed by atoms with Gasteiger partial charge < -0.3 is 11.1 Å². The lowest BCUT2D eigenvalue weighted by molar-refractivity contribution is -0.137. The third kappa shape index (κ3) is 2.96. The lowest BCUT2D eigenvalue weighted by Gasteiger charge is -2.30. The fraction of sp³-hybridized carbons (Fsp3) is 0.304. The molecule has 0 radical (unpaired) electrons. The highest BCUT2D eigenvalue weighted by Crippen LogP contribution is 2.54. The lowest BCUT2D eigenvalue weighted by atomic mass is 9.76. The number of amides is 4. The summed E-state index contributed by atoms with van der Waals surface area (Å²) in [5.41, 5.74) is 2.73. The Hall–Kier alpha value is -3.73. The van der Waals surface area contributed by atoms with Crippen molar-refractivity contribution < 1.29 is 32.3 Å². The van der Waals surface area contributed by atoms with Gasteiger partial charge in [-0.15, -0.1) is 0 Å². The summed E-state index contributed by atoms with van der Waals surface area (Å²) >= 11 is 0. The molecule has 4 N–H and O–H groups in total. The maximum Gasteiger partial charge on any atom is 0.418 e. The number of imide groups is 1. The van der Waals surface area contributed by atoms with E-state index in [0.717, 1.165) is 18.2 Å². The normalized spacial score (nSPS) is 27.8. The first-order valence-corrected chi connectivity index (χ1v) is 10.6. The standard InChI is InChI=1S/C23H19F3N4O4/c24-23(25,26)12-6-2-4-8-15(12)30-19(32)17-14(9-10-16(27)31)29-22(18(17)20(30)33)11-5-1-3-7-13(11)28-21(22)34/h1-8,14,17-18,29H,9-10H2,(H2,27,31)(H,28,34)/t14-,17+,18-,22-/m0/s1. The molecule has 34 heavy (non-hydrogen) atoms. The minimum atomic E-state index is -4.81. The third-order valence-corrected chi connectivity index (χ3v) is 6.77. The van der Waals surface area contributed by atoms with Gasteiger partial charge in [0.1, 0.15) is 5.54 Å². The number of alkyl halides is 3. The van der Waals surface area contributed by atoms with Gasteiger partial charge in [-0.1, -0.05) is 30.3 Å². The van der Waals surface area contributed by atoms with Crippen molar-refractivity contribution in [1.29, 1.82) is 0 Å². The third-order valence-electron chi connectivity index (χ3n) is 6.77. The van der Waals surface area contributed by atoms with Crippen molar-refractivity contribution in [2.45, 2.75) is 30.6 Å². The summed E-state index contributed by atoms with van der Waals surface area (Å²) in [7, 11) is 0. The van der Waals surface area contributed by atoms with Gasteiger partial charge in [-0.2, -0.15) is 13.2 Å². The number of nitrogens with zero attached hydrogens (tertiary/aromatic N) is 1. The Labute approximate surface area is 191 Å². The molecule has 3 heterocycles. The van der Waals surface area contributed by atoms with E-state index in [2.05, 4.69) is 10.6 Å². The minimum Gasteiger partial charge on any atom is -0.370 e. The van der Waals surface area contributed by atoms with Crippen molar-refractivity contribution in [3.63, 3.8) is 0 Å². The molecule has 4 atom stereocenters. The average molecular weight is 472 g/mol. The van der Waals surface area contributed by atoms with Crippen LogP contribution in [0.5, 0.6) is 0 Å². The molecule has 2 fully saturated rings. The van der Waals surface area contributed by atoms with E-state index in [1.54, 1.807) is 24.3 Å². The number of para-hydroxylation sites is 2. The number of hydrogen-bond donors (Lipinski definition) is 3. The van der Waals surface area contributed by atoms with Crippen LogP contribution in [0, 0.1) is 11.8 Å². The van der Waals surface area contributed by atoms with Crippen LogP contribution in [0.4, 0.5) is 24.5 Å². The molecule has 5 rings (SSSR count). The number of nitrogens with two attached hydrogens (primary N) is 1. The van der Waals surface area contributed by atoms with E-state index in [0.29, 0.717) is 16.2 Å². The smallest absolute Gasteiger partial charge is 0.370 e. The number of rotatable bonds is 4. The van der Waals surface area contributed by atoms with Crippen molar-refractivity contribution in [3.05, 3.63) is 59.7 Å². The highest BCUT2D eigenvalue weighted by atomic mass is 19.4. The predicted molar refractivity (Wildman–Crippen MR) is 113 cm³/mol. The molecule has 8 nitrogen and oxygen atoms in total. The highest BCUT2D eigenvalue weighted by molar-refractivity contribution is 6.26. The van der Waals surface area contributed by atoms with Gasteiger partial charge in [-0.25, -0.2) is 4.90 Å². The van der Waals surface area contributed by atoms with E-state index in [1.807, 2.05) is 0 Å². The van der Waals surface area contributed by atoms with Gasteiger partial charge in [0, 0.05) is 23.7 Å². The molecule has 0 aromatic heterocycles. The van der Waals surface area contributed by atoms with Gasteiger partial charge in [0.15, 0.2) is 0 Å². The predicted octanol–water partition coefficient (Wildman–Crippen LogP) is 1.90. The quantitative estimate of drug-likeness (QED) is 0.587. The van der Waals surface area contributed by atoms with E-state index in [4.69, 9.17) is 5.73 Å². The molecule has 2 aromatic carbocycles. The number of halogens is 3. The number of nitrogens with one attached hydrogen (secondary N) is 2. The average Bonchev–Trinajstić information content (AvgIpc) is 3.36. The Bertz CT molecular complexity index is 1250. The summed E-state index contributed by atoms with van der Waals surface area (Å²) < 4.78 is 41.1. The summed E-state index contributed by atoms with van der Waals surface area (Å²) in [4.78, 5) is 52.5. The molecule has 3 aliphatic rings. The van der Waals surface area contributed by atoms with Crippen LogP contribution in [0.25, 0.3) is 0 Å². The molecule has 176 valence electrons. The molecule has 0 unspecified atom stereocenters. The van der Waals surface area contributed by atoms with Crippen molar-refractivity contribution in [1.82, 2.24) is 5.32 Å². The van der Waals surface area contributed by atoms with Crippen LogP contribution >= 0.6 is 0 Å². The summed E-state index contributed by atoms with van der Waals surface area (Å²) in [6.45, 7) is 0. The van der Waals surface area contributed by atoms with Crippen LogP contribution in [0.15, 0.2) is 48.5 Å². The fourth-order valence-electron chi connectivity index (χ4n) is 5.45. The Morgan fingerprint density at radius 2 is 1.71 bits per heavy atom. The van der Waals surface area contributed by atoms with Gasteiger partial charge in [0.05, 0.1) is 23.1 Å². The van der Waals surface area contributed by atoms with Gasteiger partial charge >= 0.3 is 6.18 Å². The second-order valence-corrected chi connectivity index (χ2v) is 8.59. The molecular formula is C23H19F3N4O4. The first-order chi connectivity index (χ1) is 16.1. The van der Waals surface area contributed by atoms with Crippen LogP contribution in [0.3, 0.4) is 0 Å². The molecule has 11 heteroatoms. The van der Waals surface area contributed by atoms with Crippen LogP contribution in [-0.2, 0) is 30.9 Å². The Morgan fingerprint density at radius 1 is 1.03 bits per heavy atom. The molecule has 0 aliphatic carbocycles. The van der Waals surface area contributed by atoms with Crippen LogP contribution in [-0.4, -0.2) is 29.7 Å². The second-order valence-electron chi connectivity index (χ2n) is 8.59. The Balaban J connectivity index is 1.67. The van der Waals surface area contributed by atoms with Crippen molar-refractivity contribution in [2.24, 2.45) is 17.6 Å². The van der Waals surface area contributed by atoms with Gasteiger partial charge in [-0.05, 0) is 24.6 Å². The maximum absolute atomic E-state index is 13.7. The first-order valence-electron chi connectivity index (χ1n) is 10.6. The van der Waals surface area contributed by atoms with Crippen LogP contribution < -0.4 is 21.3 Å². The SMILES string of the molecule is NC(=O)CC[C@@H]1N[C@]2(C(=O)Nc3ccccc32)[C@@H]2C(=O)N(c3ccccc3C(F)(F)F)C(=O)[C@H]12. The van der Waals surface area contributed by atoms with E-state index in [1.165, 1.54) is 6.07 Å². The zero-order valence-corrected chi connectivity index (χ0v) is 17.6. The highest BCUT2D eigenvalue weighted by Gasteiger charge is 2.70. The number of fused-ring (bicyclic) bond motifs is 4. The molecule has 0 saturated carbocycles. The number of primary amides is 1. The summed E-state index contributed by atoms with van der Waals surface area (Å²) in [6, 6.07) is 10.1. The van der Waals surface area contributed by atoms with Gasteiger partial charge in [-0.3, -0.25) is 24.5 Å². The topological polar surface area (TPSA) is 122 Å². The molecule has 2 aromatic rings. The minimum absolute atomic E-state index is 0.0292. The van der Waals surface area contributed by atoms with Gasteiger partial charge in [0.2, 0.25) is 23.6 Å². The lowest BCUT2D eigenvalue weighted by Crippen LogP contribution is -2.53. The van der Waals surface area contributed by atoms with E-state index >= 15 is 0 Å². The van der Waals surface area contributed by atoms with Gasteiger partial charge in [0.25, 0.3) is 0 Å². The second kappa shape index (κ2) is 7.39. The fourth-order valence-corrected chi connectivity index (χ4v) is 5.45. The number of hydrogen-bond acceptors (Lipinski definition) is 5. The molecular weight excluding hydrogens is 453 g/mol. The molecule has 2 saturated heterocycles. The molecule has 3 aliphatic heterocycles. The molecule has 1 spiro atoms. The van der Waals surface area contributed by atoms with Crippen molar-refractivity contribution >= 4 is 35.0 Å². The number of benzene rings is 2. The molecule has 4 amide bonds. The monoisotopic (exact) mass is 472 g/mol. The molecule has 0 bridgehead atoms. The van der Waals surface area contributed by atoms with E-state index < -0.39 is 64.5 Å². The zero-order valence-electron chi connectivity index (χ0n) is 17.6. The van der Waals surface area contributed by atoms with E-state index in [9.17, 15) is 32.3 Å². The summed E-state index contributed by atoms with van der Waals surface area (Å²) in [5, 5.41) is 5.80. The summed E-state index contributed by atoms with van der Waals surface area (Å²) in [6.07, 6.45) is -4.92. The number of carbonyl (C=O) groups is 4. The van der Waals surface area contributed by atoms with Crippen molar-refractivity contribution in [3.8, 4) is 0 Å². The van der Waals surface area contributed by atoms with Crippen molar-refractivity contribution in [2.75, 3.05) is 10.2 Å². The Morgan fingerprint density at radius 3 is 2.41 bits per heavy atom. The number of anilines is 2. The first kappa shape index (κ1) is 22.1. The van der Waals surface area contributed by atoms with E-state index in [-0.39, 0.29) is 12.8 Å². The summed E-state index contributed by atoms with van der Waals surface area (Å²) in [5.74, 6) is -5.47. The maximum atomic E-state index is 13.7. The zero-order chi connectivity index (χ0) is 24.4. The van der Waals surface area contributed by atoms with Crippen LogP contribution in [0.2, 0.25) is 0 Å².